The van der Waals surface area contributed by atoms with Crippen LogP contribution in [0.3, 0.4) is 0 Å². The number of halogens is 1. The van der Waals surface area contributed by atoms with E-state index < -0.39 is 15.9 Å². The van der Waals surface area contributed by atoms with Crippen LogP contribution < -0.4 is 10.6 Å². The molecule has 7 nitrogen and oxygen atoms in total. The van der Waals surface area contributed by atoms with Crippen molar-refractivity contribution in [2.45, 2.75) is 25.4 Å². The molecular formula is C21H25FN4O3S. The van der Waals surface area contributed by atoms with Crippen LogP contribution in [0.25, 0.3) is 0 Å². The highest BCUT2D eigenvalue weighted by Crippen LogP contribution is 2.34. The number of rotatable bonds is 7. The normalized spacial score (nSPS) is 16.3. The van der Waals surface area contributed by atoms with Crippen molar-refractivity contribution >= 4 is 15.9 Å². The Labute approximate surface area is 176 Å². The first-order valence-electron chi connectivity index (χ1n) is 9.74. The van der Waals surface area contributed by atoms with Crippen molar-refractivity contribution in [1.29, 1.82) is 5.26 Å². The number of aromatic nitrogens is 1. The maximum absolute atomic E-state index is 14.5. The largest absolute Gasteiger partial charge is 0.357 e. The predicted octanol–water partition coefficient (Wildman–Crippen LogP) is 2.53. The molecule has 1 fully saturated rings. The fourth-order valence-electron chi connectivity index (χ4n) is 3.85. The van der Waals surface area contributed by atoms with Gasteiger partial charge in [0, 0.05) is 24.8 Å². The zero-order chi connectivity index (χ0) is 21.7. The molecule has 160 valence electrons. The lowest BCUT2D eigenvalue weighted by Gasteiger charge is -2.36. The minimum atomic E-state index is -3.63. The van der Waals surface area contributed by atoms with E-state index in [2.05, 4.69) is 20.1 Å². The van der Waals surface area contributed by atoms with Gasteiger partial charge in [0.2, 0.25) is 0 Å². The summed E-state index contributed by atoms with van der Waals surface area (Å²) in [5.74, 6) is 0.675. The van der Waals surface area contributed by atoms with E-state index >= 15 is 0 Å². The van der Waals surface area contributed by atoms with Crippen LogP contribution in [0.1, 0.15) is 35.4 Å². The Bertz CT molecular complexity index is 1010. The third-order valence-corrected chi connectivity index (χ3v) is 6.04. The minimum absolute atomic E-state index is 0.0143. The summed E-state index contributed by atoms with van der Waals surface area (Å²) in [5, 5.41) is 8.90. The maximum atomic E-state index is 14.5. The lowest BCUT2D eigenvalue weighted by Crippen LogP contribution is -2.37. The van der Waals surface area contributed by atoms with Crippen molar-refractivity contribution in [1.82, 2.24) is 4.98 Å². The van der Waals surface area contributed by atoms with Crippen molar-refractivity contribution in [3.05, 3.63) is 59.0 Å². The maximum Gasteiger partial charge on any atom is 0.264 e. The third-order valence-electron chi connectivity index (χ3n) is 5.50. The SMILES string of the molecule is CS(=O)(=O)OCc1ccc(C(CN)C2CCN(c3ccc(C#N)cn3)CC2)cc1F. The summed E-state index contributed by atoms with van der Waals surface area (Å²) in [6.07, 6.45) is 4.29. The molecule has 0 radical (unpaired) electrons. The molecule has 1 unspecified atom stereocenters. The molecule has 9 heteroatoms. The Morgan fingerprint density at radius 1 is 1.33 bits per heavy atom. The standard InChI is InChI=1S/C21H25FN4O3S/c1-30(27,28)29-14-18-4-3-17(10-20(18)22)19(12-24)16-6-8-26(9-7-16)21-5-2-15(11-23)13-25-21/h2-5,10,13,16,19H,6-9,12,14,24H2,1H3. The highest BCUT2D eigenvalue weighted by atomic mass is 32.2. The van der Waals surface area contributed by atoms with Crippen molar-refractivity contribution in [2.24, 2.45) is 11.7 Å². The first kappa shape index (κ1) is 22.2. The zero-order valence-electron chi connectivity index (χ0n) is 16.8. The van der Waals surface area contributed by atoms with Gasteiger partial charge in [-0.25, -0.2) is 9.37 Å². The summed E-state index contributed by atoms with van der Waals surface area (Å²) >= 11 is 0. The molecule has 2 heterocycles. The van der Waals surface area contributed by atoms with Gasteiger partial charge in [-0.05, 0) is 55.0 Å². The second-order valence-electron chi connectivity index (χ2n) is 7.50. The van der Waals surface area contributed by atoms with Gasteiger partial charge >= 0.3 is 0 Å². The van der Waals surface area contributed by atoms with Gasteiger partial charge in [-0.3, -0.25) is 4.18 Å². The Morgan fingerprint density at radius 2 is 2.07 bits per heavy atom. The number of anilines is 1. The molecule has 0 amide bonds. The molecule has 3 rings (SSSR count). The lowest BCUT2D eigenvalue weighted by atomic mass is 9.80. The van der Waals surface area contributed by atoms with Crippen LogP contribution in [0.2, 0.25) is 0 Å². The summed E-state index contributed by atoms with van der Waals surface area (Å²) in [6.45, 7) is 1.69. The molecule has 1 aromatic heterocycles. The molecule has 2 N–H and O–H groups in total. The molecule has 0 bridgehead atoms. The first-order chi connectivity index (χ1) is 14.3. The zero-order valence-corrected chi connectivity index (χ0v) is 17.6. The van der Waals surface area contributed by atoms with E-state index in [4.69, 9.17) is 11.0 Å². The van der Waals surface area contributed by atoms with E-state index in [0.717, 1.165) is 43.6 Å². The minimum Gasteiger partial charge on any atom is -0.357 e. The van der Waals surface area contributed by atoms with Gasteiger partial charge in [0.05, 0.1) is 18.4 Å². The van der Waals surface area contributed by atoms with Crippen LogP contribution >= 0.6 is 0 Å². The molecule has 1 aliphatic rings. The smallest absolute Gasteiger partial charge is 0.264 e. The number of pyridine rings is 1. The lowest BCUT2D eigenvalue weighted by molar-refractivity contribution is 0.305. The molecule has 1 atom stereocenters. The van der Waals surface area contributed by atoms with Gasteiger partial charge < -0.3 is 10.6 Å². The summed E-state index contributed by atoms with van der Waals surface area (Å²) in [4.78, 5) is 6.53. The Hall–Kier alpha value is -2.54. The Balaban J connectivity index is 1.65. The van der Waals surface area contributed by atoms with E-state index in [1.807, 2.05) is 6.07 Å². The third kappa shape index (κ3) is 5.53. The quantitative estimate of drug-likeness (QED) is 0.670. The van der Waals surface area contributed by atoms with Crippen molar-refractivity contribution < 1.29 is 17.0 Å². The molecule has 1 aliphatic heterocycles. The van der Waals surface area contributed by atoms with Crippen molar-refractivity contribution in [3.8, 4) is 6.07 Å². The molecule has 0 saturated carbocycles. The summed E-state index contributed by atoms with van der Waals surface area (Å²) in [7, 11) is -3.63. The van der Waals surface area contributed by atoms with Crippen molar-refractivity contribution in [2.75, 3.05) is 30.8 Å². The molecule has 2 aromatic rings. The van der Waals surface area contributed by atoms with Gasteiger partial charge in [0.1, 0.15) is 17.7 Å². The van der Waals surface area contributed by atoms with E-state index in [1.165, 1.54) is 6.07 Å². The van der Waals surface area contributed by atoms with Gasteiger partial charge in [-0.15, -0.1) is 0 Å². The average molecular weight is 433 g/mol. The van der Waals surface area contributed by atoms with Crippen molar-refractivity contribution in [3.63, 3.8) is 0 Å². The fourth-order valence-corrected chi connectivity index (χ4v) is 4.19. The second kappa shape index (κ2) is 9.51. The van der Waals surface area contributed by atoms with Gasteiger partial charge in [-0.1, -0.05) is 12.1 Å². The van der Waals surface area contributed by atoms with E-state index in [1.54, 1.807) is 24.4 Å². The van der Waals surface area contributed by atoms with E-state index in [-0.39, 0.29) is 18.1 Å². The summed E-state index contributed by atoms with van der Waals surface area (Å²) < 4.78 is 41.4. The Kier molecular flexibility index (Phi) is 7.02. The van der Waals surface area contributed by atoms with E-state index in [0.29, 0.717) is 18.0 Å². The monoisotopic (exact) mass is 432 g/mol. The molecule has 1 saturated heterocycles. The van der Waals surface area contributed by atoms with Crippen LogP contribution in [0.4, 0.5) is 10.2 Å². The van der Waals surface area contributed by atoms with Crippen LogP contribution in [0, 0.1) is 23.1 Å². The van der Waals surface area contributed by atoms with E-state index in [9.17, 15) is 12.8 Å². The second-order valence-corrected chi connectivity index (χ2v) is 9.14. The number of hydrogen-bond donors (Lipinski definition) is 1. The van der Waals surface area contributed by atoms with Gasteiger partial charge in [-0.2, -0.15) is 13.7 Å². The molecule has 0 aliphatic carbocycles. The van der Waals surface area contributed by atoms with Crippen LogP contribution in [0.5, 0.6) is 0 Å². The Morgan fingerprint density at radius 3 is 2.60 bits per heavy atom. The fraction of sp³-hybridized carbons (Fsp3) is 0.429. The first-order valence-corrected chi connectivity index (χ1v) is 11.6. The number of nitrogens with two attached hydrogens (primary N) is 1. The number of benzene rings is 1. The summed E-state index contributed by atoms with van der Waals surface area (Å²) in [5.41, 5.74) is 7.57. The molecule has 0 spiro atoms. The number of piperidine rings is 1. The number of nitrogens with zero attached hydrogens (tertiary/aromatic N) is 3. The molecule has 30 heavy (non-hydrogen) atoms. The molecule has 1 aromatic carbocycles. The van der Waals surface area contributed by atoms with Crippen LogP contribution in [-0.4, -0.2) is 39.3 Å². The van der Waals surface area contributed by atoms with Gasteiger partial charge in [0.25, 0.3) is 10.1 Å². The number of hydrogen-bond acceptors (Lipinski definition) is 7. The number of nitriles is 1. The topological polar surface area (TPSA) is 109 Å². The average Bonchev–Trinajstić information content (AvgIpc) is 2.73. The predicted molar refractivity (Wildman–Crippen MR) is 112 cm³/mol. The van der Waals surface area contributed by atoms with Crippen LogP contribution in [0.15, 0.2) is 36.5 Å². The highest BCUT2D eigenvalue weighted by Gasteiger charge is 2.28. The highest BCUT2D eigenvalue weighted by molar-refractivity contribution is 7.85. The summed E-state index contributed by atoms with van der Waals surface area (Å²) in [6, 6.07) is 10.5. The molecular weight excluding hydrogens is 407 g/mol. The van der Waals surface area contributed by atoms with Gasteiger partial charge in [0.15, 0.2) is 0 Å². The van der Waals surface area contributed by atoms with Crippen LogP contribution in [-0.2, 0) is 20.9 Å².